The molecule has 17 heteroatoms. The minimum atomic E-state index is -1.00. The van der Waals surface area contributed by atoms with Crippen molar-refractivity contribution in [2.75, 3.05) is 66.6 Å². The molecule has 70 heavy (non-hydrogen) atoms. The SMILES string of the molecule is C=CC(=O)N1CC2(CCN(C(=O)N(C)[C@H](C(=O)N[C@H]3CN4CCC=C(C4)c4ccc5c(c4)c4c(n5CC)C5=C(N=CCC5)[C@@H](OC)C4C(C)(C)COC(=O)[C@@H]4CCCN(N4)C3=O)C(C)C)CC2)O[C@@H]1C. The number of aryl methyl sites for hydroxylation is 1. The van der Waals surface area contributed by atoms with Crippen molar-refractivity contribution in [1.82, 2.24) is 39.9 Å². The minimum Gasteiger partial charge on any atom is -0.464 e. The smallest absolute Gasteiger partial charge is 0.324 e. The number of carbonyl (C=O) groups excluding carboxylic acids is 5. The molecule has 3 saturated heterocycles. The van der Waals surface area contributed by atoms with Crippen molar-refractivity contribution in [2.24, 2.45) is 16.3 Å². The third-order valence-electron chi connectivity index (χ3n) is 16.1. The van der Waals surface area contributed by atoms with Gasteiger partial charge in [0.05, 0.1) is 30.1 Å². The van der Waals surface area contributed by atoms with E-state index >= 15 is 0 Å². The van der Waals surface area contributed by atoms with Crippen molar-refractivity contribution < 1.29 is 38.2 Å². The van der Waals surface area contributed by atoms with Crippen LogP contribution in [-0.4, -0.2) is 168 Å². The van der Waals surface area contributed by atoms with E-state index in [1.54, 1.807) is 24.0 Å². The number of ether oxygens (including phenoxy) is 3. The van der Waals surface area contributed by atoms with Crippen molar-refractivity contribution in [3.05, 3.63) is 59.4 Å². The molecule has 5 amide bonds. The Balaban J connectivity index is 1.01. The lowest BCUT2D eigenvalue weighted by atomic mass is 9.66. The summed E-state index contributed by atoms with van der Waals surface area (Å²) in [5, 5.41) is 5.75. The van der Waals surface area contributed by atoms with Crippen LogP contribution >= 0.6 is 0 Å². The van der Waals surface area contributed by atoms with Crippen LogP contribution < -0.4 is 10.7 Å². The average molecular weight is 964 g/mol. The molecule has 6 bridgehead atoms. The first kappa shape index (κ1) is 49.6. The Labute approximate surface area is 412 Å². The Bertz CT molecular complexity index is 2520. The first-order valence-electron chi connectivity index (χ1n) is 25.5. The standard InChI is InChI=1S/C53H73N9O8/c1-10-41(63)61-30-53(70-33(61)5)20-25-59(26-21-53)51(67)57(8)45(32(3)4)48(64)55-39-29-58-23-13-15-35(28-58)34-18-19-40-37(27-34)42-43(47(68-9)44-36(16-12-22-54-44)46(42)60(40)11-2)52(6,7)31-69-50(66)38-17-14-24-62(56-38)49(39)65/h10,15,18-19,22,27,32-33,38-39,43,45,47,56H,1,11-14,16-17,20-21,23-26,28-31H2,2-9H3,(H,55,64)/t33-,38+,39+,43?,45+,47+/m1/s1. The molecule has 7 heterocycles. The van der Waals surface area contributed by atoms with Crippen molar-refractivity contribution in [3.63, 3.8) is 0 Å². The molecule has 7 atom stereocenters. The minimum absolute atomic E-state index is 0.106. The molecule has 1 spiro atoms. The molecule has 0 saturated carbocycles. The zero-order valence-corrected chi connectivity index (χ0v) is 42.4. The number of nitrogens with one attached hydrogen (secondary N) is 2. The van der Waals surface area contributed by atoms with Gasteiger partial charge in [0.15, 0.2) is 0 Å². The molecule has 1 aromatic carbocycles. The number of urea groups is 1. The summed E-state index contributed by atoms with van der Waals surface area (Å²) in [5.74, 6) is -1.93. The van der Waals surface area contributed by atoms with E-state index in [1.807, 2.05) is 27.0 Å². The molecule has 1 aliphatic carbocycles. The highest BCUT2D eigenvalue weighted by molar-refractivity contribution is 5.97. The first-order valence-corrected chi connectivity index (χ1v) is 25.5. The number of hydrogen-bond donors (Lipinski definition) is 2. The number of nitrogens with zero attached hydrogens (tertiary/aromatic N) is 7. The molecular weight excluding hydrogens is 891 g/mol. The fraction of sp³-hybridized carbons (Fsp3) is 0.623. The largest absolute Gasteiger partial charge is 0.464 e. The predicted molar refractivity (Wildman–Crippen MR) is 267 cm³/mol. The number of amides is 5. The van der Waals surface area contributed by atoms with E-state index in [1.165, 1.54) is 32.8 Å². The van der Waals surface area contributed by atoms with E-state index in [0.29, 0.717) is 65.0 Å². The van der Waals surface area contributed by atoms with Crippen molar-refractivity contribution in [2.45, 2.75) is 135 Å². The van der Waals surface area contributed by atoms with Crippen molar-refractivity contribution in [3.8, 4) is 0 Å². The van der Waals surface area contributed by atoms with E-state index in [9.17, 15) is 24.0 Å². The normalized spacial score (nSPS) is 28.0. The lowest BCUT2D eigenvalue weighted by Crippen LogP contribution is -2.64. The van der Waals surface area contributed by atoms with Gasteiger partial charge >= 0.3 is 12.0 Å². The summed E-state index contributed by atoms with van der Waals surface area (Å²) < 4.78 is 21.4. The van der Waals surface area contributed by atoms with E-state index in [0.717, 1.165) is 53.5 Å². The van der Waals surface area contributed by atoms with Crippen LogP contribution in [0.5, 0.6) is 0 Å². The van der Waals surface area contributed by atoms with Crippen LogP contribution in [0.1, 0.15) is 109 Å². The van der Waals surface area contributed by atoms with Crippen LogP contribution in [0.3, 0.4) is 0 Å². The molecular formula is C53H73N9O8. The Morgan fingerprint density at radius 2 is 1.89 bits per heavy atom. The maximum absolute atomic E-state index is 14.9. The van der Waals surface area contributed by atoms with Gasteiger partial charge in [-0.05, 0) is 99.6 Å². The molecule has 17 nitrogen and oxygen atoms in total. The van der Waals surface area contributed by atoms with Gasteiger partial charge < -0.3 is 38.8 Å². The topological polar surface area (TPSA) is 171 Å². The number of hydrogen-bond acceptors (Lipinski definition) is 11. The van der Waals surface area contributed by atoms with Crippen molar-refractivity contribution in [1.29, 1.82) is 0 Å². The highest BCUT2D eigenvalue weighted by Crippen LogP contribution is 2.54. The fourth-order valence-corrected chi connectivity index (χ4v) is 12.5. The number of methoxy groups -OCH3 is 1. The zero-order valence-electron chi connectivity index (χ0n) is 42.4. The second-order valence-corrected chi connectivity index (χ2v) is 21.5. The molecule has 3 fully saturated rings. The summed E-state index contributed by atoms with van der Waals surface area (Å²) in [6, 6.07) is 3.76. The summed E-state index contributed by atoms with van der Waals surface area (Å²) >= 11 is 0. The third kappa shape index (κ3) is 9.00. The summed E-state index contributed by atoms with van der Waals surface area (Å²) in [5.41, 5.74) is 9.95. The van der Waals surface area contributed by atoms with E-state index in [-0.39, 0.29) is 48.9 Å². The van der Waals surface area contributed by atoms with Gasteiger partial charge in [0, 0.05) is 94.0 Å². The molecule has 378 valence electrons. The summed E-state index contributed by atoms with van der Waals surface area (Å²) in [6.07, 6.45) is 9.38. The quantitative estimate of drug-likeness (QED) is 0.274. The van der Waals surface area contributed by atoms with Gasteiger partial charge in [-0.3, -0.25) is 34.1 Å². The molecule has 6 aliphatic heterocycles. The monoisotopic (exact) mass is 964 g/mol. The van der Waals surface area contributed by atoms with Gasteiger partial charge in [-0.15, -0.1) is 0 Å². The molecule has 2 unspecified atom stereocenters. The fourth-order valence-electron chi connectivity index (χ4n) is 12.5. The molecule has 2 aromatic rings. The average Bonchev–Trinajstić information content (AvgIpc) is 3.87. The number of likely N-dealkylation sites (tertiary alicyclic amines) is 1. The Morgan fingerprint density at radius 1 is 1.11 bits per heavy atom. The van der Waals surface area contributed by atoms with Crippen molar-refractivity contribution >= 4 is 58.0 Å². The summed E-state index contributed by atoms with van der Waals surface area (Å²) in [7, 11) is 3.39. The summed E-state index contributed by atoms with van der Waals surface area (Å²) in [4.78, 5) is 82.7. The van der Waals surface area contributed by atoms with Gasteiger partial charge in [0.25, 0.3) is 5.91 Å². The summed E-state index contributed by atoms with van der Waals surface area (Å²) in [6.45, 7) is 19.6. The lowest BCUT2D eigenvalue weighted by molar-refractivity contribution is -0.156. The number of aliphatic imine (C=N–C) groups is 1. The van der Waals surface area contributed by atoms with Gasteiger partial charge in [0.1, 0.15) is 30.5 Å². The number of rotatable bonds is 7. The second-order valence-electron chi connectivity index (χ2n) is 21.5. The van der Waals surface area contributed by atoms with E-state index in [2.05, 4.69) is 71.8 Å². The number of aromatic nitrogens is 1. The zero-order chi connectivity index (χ0) is 49.8. The molecule has 2 N–H and O–H groups in total. The maximum Gasteiger partial charge on any atom is 0.324 e. The van der Waals surface area contributed by atoms with Crippen LogP contribution in [0, 0.1) is 11.3 Å². The first-order chi connectivity index (χ1) is 33.5. The van der Waals surface area contributed by atoms with Gasteiger partial charge in [0.2, 0.25) is 11.8 Å². The third-order valence-corrected chi connectivity index (χ3v) is 16.1. The number of esters is 1. The van der Waals surface area contributed by atoms with Crippen LogP contribution in [0.15, 0.2) is 47.6 Å². The lowest BCUT2D eigenvalue weighted by Gasteiger charge is -2.43. The molecule has 7 aliphatic rings. The number of carbonyl (C=O) groups is 5. The van der Waals surface area contributed by atoms with Gasteiger partial charge in [-0.25, -0.2) is 10.2 Å². The Kier molecular flexibility index (Phi) is 13.9. The van der Waals surface area contributed by atoms with Crippen LogP contribution in [0.25, 0.3) is 22.0 Å². The molecule has 0 radical (unpaired) electrons. The van der Waals surface area contributed by atoms with E-state index < -0.39 is 47.2 Å². The Hall–Kier alpha value is -5.36. The molecule has 9 rings (SSSR count). The number of fused-ring (bicyclic) bond motifs is 7. The predicted octanol–water partition coefficient (Wildman–Crippen LogP) is 5.30. The van der Waals surface area contributed by atoms with Crippen LogP contribution in [0.4, 0.5) is 4.79 Å². The van der Waals surface area contributed by atoms with Gasteiger partial charge in [-0.2, -0.15) is 0 Å². The number of cyclic esters (lactones) is 1. The second kappa shape index (κ2) is 19.7. The van der Waals surface area contributed by atoms with Crippen LogP contribution in [0.2, 0.25) is 0 Å². The number of piperidine rings is 1. The Morgan fingerprint density at radius 3 is 2.60 bits per heavy atom. The van der Waals surface area contributed by atoms with Gasteiger partial charge in [-0.1, -0.05) is 46.4 Å². The maximum atomic E-state index is 14.9. The number of allylic oxidation sites excluding steroid dienone is 1. The number of benzene rings is 1. The number of hydrazine groups is 1. The van der Waals surface area contributed by atoms with Crippen LogP contribution in [-0.2, 0) is 39.9 Å². The number of likely N-dealkylation sites (N-methyl/N-ethyl adjacent to an activating group) is 1. The molecule has 1 aromatic heterocycles. The highest BCUT2D eigenvalue weighted by atomic mass is 16.5. The van der Waals surface area contributed by atoms with E-state index in [4.69, 9.17) is 19.2 Å². The highest BCUT2D eigenvalue weighted by Gasteiger charge is 2.50.